The van der Waals surface area contributed by atoms with E-state index in [1.165, 1.54) is 6.07 Å². The summed E-state index contributed by atoms with van der Waals surface area (Å²) in [5.41, 5.74) is -17.6. The zero-order chi connectivity index (χ0) is 36.8. The van der Waals surface area contributed by atoms with Crippen LogP contribution in [0.25, 0.3) is 0 Å². The van der Waals surface area contributed by atoms with Crippen LogP contribution in [0.3, 0.4) is 0 Å². The third kappa shape index (κ3) is 6.54. The summed E-state index contributed by atoms with van der Waals surface area (Å²) in [6, 6.07) is 1.63. The average Bonchev–Trinajstić information content (AvgIpc) is 3.60. The number of para-hydroxylation sites is 1. The van der Waals surface area contributed by atoms with Crippen LogP contribution in [0.1, 0.15) is 47.2 Å². The van der Waals surface area contributed by atoms with Gasteiger partial charge in [0.25, 0.3) is 0 Å². The van der Waals surface area contributed by atoms with Crippen LogP contribution in [0.4, 0.5) is 84.7 Å². The first-order valence-electron chi connectivity index (χ1n) is 12.8. The summed E-state index contributed by atoms with van der Waals surface area (Å²) in [5.74, 6) is 0. The molecule has 0 bridgehead atoms. The van der Waals surface area contributed by atoms with Crippen molar-refractivity contribution in [3.63, 3.8) is 0 Å². The van der Waals surface area contributed by atoms with Gasteiger partial charge in [0.15, 0.2) is 0 Å². The van der Waals surface area contributed by atoms with Gasteiger partial charge in [-0.15, -0.1) is 0 Å². The first-order valence-corrected chi connectivity index (χ1v) is 18.4. The third-order valence-corrected chi connectivity index (χ3v) is 21.1. The van der Waals surface area contributed by atoms with Crippen molar-refractivity contribution in [3.05, 3.63) is 97.3 Å². The number of benzene rings is 3. The Labute approximate surface area is 261 Å². The molecule has 4 rings (SSSR count). The Morgan fingerprint density at radius 2 is 0.750 bits per heavy atom. The Morgan fingerprint density at radius 1 is 0.458 bits per heavy atom. The first kappa shape index (κ1) is 37.6. The van der Waals surface area contributed by atoms with Gasteiger partial charge in [0, 0.05) is 0 Å². The Balaban J connectivity index is 2.49. The van der Waals surface area contributed by atoms with Crippen molar-refractivity contribution in [1.29, 1.82) is 0 Å². The molecular formula is C28H15F18NSn. The van der Waals surface area contributed by atoms with E-state index in [9.17, 15) is 79.0 Å². The molecule has 0 radical (unpaired) electrons. The number of anilines is 1. The van der Waals surface area contributed by atoms with Gasteiger partial charge in [-0.1, -0.05) is 0 Å². The zero-order valence-electron chi connectivity index (χ0n) is 23.4. The Kier molecular flexibility index (Phi) is 8.91. The molecule has 1 fully saturated rings. The number of hydrogen-bond donors (Lipinski definition) is 0. The topological polar surface area (TPSA) is 3.01 Å². The summed E-state index contributed by atoms with van der Waals surface area (Å²) in [7, 11) is 0. The van der Waals surface area contributed by atoms with Crippen LogP contribution in [-0.2, 0) is 37.1 Å². The molecule has 48 heavy (non-hydrogen) atoms. The van der Waals surface area contributed by atoms with Gasteiger partial charge in [0.1, 0.15) is 0 Å². The molecule has 0 saturated carbocycles. The predicted octanol–water partition coefficient (Wildman–Crippen LogP) is 10.2. The first-order chi connectivity index (χ1) is 21.5. The summed E-state index contributed by atoms with van der Waals surface area (Å²) in [4.78, 5) is 0. The number of alkyl halides is 18. The summed E-state index contributed by atoms with van der Waals surface area (Å²) >= 11 is -7.66. The fraction of sp³-hybridized carbons (Fsp3) is 0.286. The van der Waals surface area contributed by atoms with Crippen LogP contribution < -0.4 is 10.3 Å². The Morgan fingerprint density at radius 3 is 0.979 bits per heavy atom. The van der Waals surface area contributed by atoms with Gasteiger partial charge >= 0.3 is 262 Å². The van der Waals surface area contributed by atoms with Crippen molar-refractivity contribution in [3.8, 4) is 0 Å². The number of rotatable bonds is 3. The second-order valence-electron chi connectivity index (χ2n) is 10.6. The SMILES string of the molecule is CC(C)=[C]1[N](c2ccccc2)[Sn]1([c]1c(C(F)(F)F)cc(C(F)(F)F)cc1C(F)(F)F)[c]1c(C(F)(F)F)cc(C(F)(F)F)cc1C(F)(F)F. The van der Waals surface area contributed by atoms with E-state index in [-0.39, 0.29) is 0 Å². The molecule has 1 aliphatic heterocycles. The second kappa shape index (κ2) is 11.4. The second-order valence-corrected chi connectivity index (χ2v) is 20.1. The molecule has 0 aliphatic carbocycles. The monoisotopic (exact) mass is 827 g/mol. The molecule has 1 saturated heterocycles. The maximum atomic E-state index is 14.7. The van der Waals surface area contributed by atoms with E-state index in [2.05, 4.69) is 0 Å². The Bertz CT molecular complexity index is 1590. The van der Waals surface area contributed by atoms with Crippen LogP contribution in [0.2, 0.25) is 0 Å². The van der Waals surface area contributed by atoms with E-state index in [1.54, 1.807) is 0 Å². The molecule has 0 aromatic heterocycles. The van der Waals surface area contributed by atoms with Crippen LogP contribution in [0.5, 0.6) is 0 Å². The molecule has 0 N–H and O–H groups in total. The average molecular weight is 826 g/mol. The molecule has 0 spiro atoms. The van der Waals surface area contributed by atoms with Gasteiger partial charge < -0.3 is 0 Å². The van der Waals surface area contributed by atoms with E-state index in [4.69, 9.17) is 0 Å². The van der Waals surface area contributed by atoms with Crippen LogP contribution in [-0.4, -0.2) is 18.7 Å². The van der Waals surface area contributed by atoms with Crippen molar-refractivity contribution in [2.75, 3.05) is 3.12 Å². The normalized spacial score (nSPS) is 16.0. The van der Waals surface area contributed by atoms with Gasteiger partial charge in [0.05, 0.1) is 0 Å². The van der Waals surface area contributed by atoms with Crippen molar-refractivity contribution < 1.29 is 79.0 Å². The van der Waals surface area contributed by atoms with E-state index in [0.29, 0.717) is 3.12 Å². The van der Waals surface area contributed by atoms with Crippen molar-refractivity contribution in [2.45, 2.75) is 50.9 Å². The van der Waals surface area contributed by atoms with E-state index in [0.717, 1.165) is 38.1 Å². The van der Waals surface area contributed by atoms with Crippen molar-refractivity contribution >= 4 is 31.5 Å². The van der Waals surface area contributed by atoms with Crippen molar-refractivity contribution in [2.24, 2.45) is 0 Å². The Hall–Kier alpha value is -3.26. The van der Waals surface area contributed by atoms with Gasteiger partial charge in [0.2, 0.25) is 0 Å². The molecule has 0 atom stereocenters. The molecule has 262 valence electrons. The zero-order valence-corrected chi connectivity index (χ0v) is 26.3. The minimum absolute atomic E-state index is 0.365. The molecule has 1 aliphatic rings. The fourth-order valence-corrected chi connectivity index (χ4v) is 24.0. The predicted molar refractivity (Wildman–Crippen MR) is 135 cm³/mol. The fourth-order valence-electron chi connectivity index (χ4n) is 5.60. The number of nitrogens with zero attached hydrogens (tertiary/aromatic N) is 1. The van der Waals surface area contributed by atoms with Gasteiger partial charge in [-0.05, 0) is 0 Å². The summed E-state index contributed by atoms with van der Waals surface area (Å²) in [6.45, 7) is 1.80. The molecule has 3 aromatic carbocycles. The van der Waals surface area contributed by atoms with Crippen LogP contribution in [0.15, 0.2) is 63.9 Å². The third-order valence-electron chi connectivity index (χ3n) is 7.22. The van der Waals surface area contributed by atoms with E-state index >= 15 is 0 Å². The number of halogens is 18. The molecule has 1 heterocycles. The van der Waals surface area contributed by atoms with Crippen LogP contribution in [0, 0.1) is 0 Å². The molecule has 1 nitrogen and oxygen atoms in total. The van der Waals surface area contributed by atoms with E-state index in [1.807, 2.05) is 0 Å². The standard InChI is InChI=1S/C10H11N.2C9H2F9.Sn/c1-9(2)8-11-10-6-4-3-5-7-10;2*10-7(11,12)4-1-5(8(13,14)15)3-6(2-4)9(16,17)18;/h3-7H,1-2H3;2*1-2H;/q-1;;;+1. The maximum absolute atomic E-state index is 14.7. The van der Waals surface area contributed by atoms with Gasteiger partial charge in [-0.25, -0.2) is 0 Å². The van der Waals surface area contributed by atoms with Gasteiger partial charge in [-0.2, -0.15) is 0 Å². The molecular weight excluding hydrogens is 811 g/mol. The summed E-state index contributed by atoms with van der Waals surface area (Å²) < 4.78 is 253. The van der Waals surface area contributed by atoms with Crippen molar-refractivity contribution in [1.82, 2.24) is 0 Å². The number of allylic oxidation sites excluding steroid dienone is 1. The summed E-state index contributed by atoms with van der Waals surface area (Å²) in [5, 5.41) is 0. The molecule has 3 aromatic rings. The van der Waals surface area contributed by atoms with Gasteiger partial charge in [-0.3, -0.25) is 0 Å². The van der Waals surface area contributed by atoms with Crippen LogP contribution >= 0.6 is 0 Å². The minimum atomic E-state index is -7.66. The summed E-state index contributed by atoms with van der Waals surface area (Å²) in [6.07, 6.45) is -37.0. The van der Waals surface area contributed by atoms with E-state index < -0.39 is 135 Å². The molecule has 0 unspecified atom stereocenters. The quantitative estimate of drug-likeness (QED) is 0.144. The molecule has 0 amide bonds. The molecule has 20 heteroatoms. The number of hydrogen-bond acceptors (Lipinski definition) is 1.